The molecule has 0 bridgehead atoms. The number of hydrogen-bond donors (Lipinski definition) is 1. The highest BCUT2D eigenvalue weighted by atomic mass is 32.2. The molecule has 2 aromatic rings. The third kappa shape index (κ3) is 5.90. The van der Waals surface area contributed by atoms with Crippen molar-refractivity contribution in [3.05, 3.63) is 65.7 Å². The number of rotatable bonds is 7. The summed E-state index contributed by atoms with van der Waals surface area (Å²) >= 11 is 0. The van der Waals surface area contributed by atoms with Crippen molar-refractivity contribution in [1.29, 1.82) is 0 Å². The zero-order chi connectivity index (χ0) is 19.8. The SMILES string of the molecule is O=C(CCNS(=O)(=O)/C=C/c1ccccc1)N1CCN(c2ccccn2)CC1. The Kier molecular flexibility index (Phi) is 6.78. The maximum atomic E-state index is 12.3. The molecule has 1 aliphatic rings. The zero-order valence-electron chi connectivity index (χ0n) is 15.6. The van der Waals surface area contributed by atoms with Crippen LogP contribution < -0.4 is 9.62 Å². The molecule has 1 saturated heterocycles. The van der Waals surface area contributed by atoms with Crippen LogP contribution in [0.15, 0.2) is 60.1 Å². The van der Waals surface area contributed by atoms with E-state index >= 15 is 0 Å². The monoisotopic (exact) mass is 400 g/mol. The fourth-order valence-corrected chi connectivity index (χ4v) is 3.78. The van der Waals surface area contributed by atoms with E-state index in [-0.39, 0.29) is 18.9 Å². The molecule has 148 valence electrons. The van der Waals surface area contributed by atoms with Crippen LogP contribution in [0.25, 0.3) is 6.08 Å². The molecule has 1 fully saturated rings. The first kappa shape index (κ1) is 20.0. The van der Waals surface area contributed by atoms with Gasteiger partial charge >= 0.3 is 0 Å². The fraction of sp³-hybridized carbons (Fsp3) is 0.300. The minimum Gasteiger partial charge on any atom is -0.353 e. The normalized spacial score (nSPS) is 15.1. The van der Waals surface area contributed by atoms with Crippen LogP contribution in [0.5, 0.6) is 0 Å². The van der Waals surface area contributed by atoms with Crippen LogP contribution in [0.2, 0.25) is 0 Å². The summed E-state index contributed by atoms with van der Waals surface area (Å²) in [6.45, 7) is 2.73. The van der Waals surface area contributed by atoms with Crippen LogP contribution in [-0.2, 0) is 14.8 Å². The summed E-state index contributed by atoms with van der Waals surface area (Å²) in [5, 5.41) is 1.12. The van der Waals surface area contributed by atoms with Gasteiger partial charge in [-0.05, 0) is 23.8 Å². The van der Waals surface area contributed by atoms with Gasteiger partial charge in [0.15, 0.2) is 0 Å². The Morgan fingerprint density at radius 3 is 2.43 bits per heavy atom. The van der Waals surface area contributed by atoms with Crippen molar-refractivity contribution in [1.82, 2.24) is 14.6 Å². The first-order valence-electron chi connectivity index (χ1n) is 9.20. The Hall–Kier alpha value is -2.71. The molecule has 1 N–H and O–H groups in total. The van der Waals surface area contributed by atoms with Gasteiger partial charge in [-0.2, -0.15) is 0 Å². The van der Waals surface area contributed by atoms with E-state index in [1.807, 2.05) is 48.5 Å². The molecule has 1 aromatic heterocycles. The van der Waals surface area contributed by atoms with Crippen LogP contribution in [0, 0.1) is 0 Å². The Bertz CT molecular complexity index is 894. The van der Waals surface area contributed by atoms with Crippen molar-refractivity contribution in [2.45, 2.75) is 6.42 Å². The Balaban J connectivity index is 1.41. The number of piperazine rings is 1. The Morgan fingerprint density at radius 1 is 1.04 bits per heavy atom. The number of anilines is 1. The van der Waals surface area contributed by atoms with Gasteiger partial charge in [-0.25, -0.2) is 18.1 Å². The fourth-order valence-electron chi connectivity index (χ4n) is 2.96. The maximum absolute atomic E-state index is 12.3. The number of nitrogens with zero attached hydrogens (tertiary/aromatic N) is 3. The molecule has 1 amide bonds. The average molecular weight is 401 g/mol. The van der Waals surface area contributed by atoms with Gasteiger partial charge in [-0.15, -0.1) is 0 Å². The van der Waals surface area contributed by atoms with Crippen molar-refractivity contribution in [2.75, 3.05) is 37.6 Å². The lowest BCUT2D eigenvalue weighted by Crippen LogP contribution is -2.49. The summed E-state index contributed by atoms with van der Waals surface area (Å²) in [4.78, 5) is 20.6. The minimum absolute atomic E-state index is 0.0459. The highest BCUT2D eigenvalue weighted by Gasteiger charge is 2.21. The lowest BCUT2D eigenvalue weighted by atomic mass is 10.2. The molecule has 0 atom stereocenters. The van der Waals surface area contributed by atoms with Crippen molar-refractivity contribution in [3.63, 3.8) is 0 Å². The Labute approximate surface area is 165 Å². The van der Waals surface area contributed by atoms with Crippen molar-refractivity contribution >= 4 is 27.8 Å². The molecular weight excluding hydrogens is 376 g/mol. The van der Waals surface area contributed by atoms with Crippen LogP contribution in [0.4, 0.5) is 5.82 Å². The van der Waals surface area contributed by atoms with Crippen molar-refractivity contribution in [2.24, 2.45) is 0 Å². The number of aromatic nitrogens is 1. The second-order valence-electron chi connectivity index (χ2n) is 6.46. The highest BCUT2D eigenvalue weighted by molar-refractivity contribution is 7.92. The maximum Gasteiger partial charge on any atom is 0.233 e. The predicted molar refractivity (Wildman–Crippen MR) is 110 cm³/mol. The number of nitrogens with one attached hydrogen (secondary N) is 1. The topological polar surface area (TPSA) is 82.6 Å². The summed E-state index contributed by atoms with van der Waals surface area (Å²) in [5.41, 5.74) is 0.801. The van der Waals surface area contributed by atoms with E-state index in [0.717, 1.165) is 16.8 Å². The first-order valence-corrected chi connectivity index (χ1v) is 10.7. The van der Waals surface area contributed by atoms with E-state index in [1.165, 1.54) is 6.08 Å². The van der Waals surface area contributed by atoms with Gasteiger partial charge in [0, 0.05) is 50.7 Å². The largest absolute Gasteiger partial charge is 0.353 e. The molecule has 0 unspecified atom stereocenters. The summed E-state index contributed by atoms with van der Waals surface area (Å²) in [6.07, 6.45) is 3.42. The van der Waals surface area contributed by atoms with E-state index in [4.69, 9.17) is 0 Å². The molecule has 7 nitrogen and oxygen atoms in total. The number of benzene rings is 1. The number of sulfonamides is 1. The van der Waals surface area contributed by atoms with Crippen molar-refractivity contribution in [3.8, 4) is 0 Å². The molecule has 1 aromatic carbocycles. The summed E-state index contributed by atoms with van der Waals surface area (Å²) < 4.78 is 26.5. The Morgan fingerprint density at radius 2 is 1.75 bits per heavy atom. The lowest BCUT2D eigenvalue weighted by Gasteiger charge is -2.35. The van der Waals surface area contributed by atoms with Crippen LogP contribution >= 0.6 is 0 Å². The van der Waals surface area contributed by atoms with Gasteiger partial charge in [0.05, 0.1) is 0 Å². The molecule has 3 rings (SSSR count). The quantitative estimate of drug-likeness (QED) is 0.765. The second kappa shape index (κ2) is 9.48. The van der Waals surface area contributed by atoms with Crippen LogP contribution in [-0.4, -0.2) is 56.9 Å². The van der Waals surface area contributed by atoms with E-state index < -0.39 is 10.0 Å². The number of carbonyl (C=O) groups is 1. The van der Waals surface area contributed by atoms with E-state index in [0.29, 0.717) is 26.2 Å². The predicted octanol–water partition coefficient (Wildman–Crippen LogP) is 1.71. The van der Waals surface area contributed by atoms with Gasteiger partial charge in [-0.1, -0.05) is 36.4 Å². The standard InChI is InChI=1S/C20H24N4O3S/c25-20(24-15-13-23(14-16-24)19-8-4-5-11-21-19)9-12-22-28(26,27)17-10-18-6-2-1-3-7-18/h1-8,10-11,17,22H,9,12-16H2/b17-10+. The number of pyridine rings is 1. The van der Waals surface area contributed by atoms with E-state index in [2.05, 4.69) is 14.6 Å². The molecular formula is C20H24N4O3S. The van der Waals surface area contributed by atoms with Gasteiger partial charge in [0.2, 0.25) is 15.9 Å². The van der Waals surface area contributed by atoms with Gasteiger partial charge in [0.1, 0.15) is 5.82 Å². The third-order valence-corrected chi connectivity index (χ3v) is 5.59. The second-order valence-corrected chi connectivity index (χ2v) is 8.11. The average Bonchev–Trinajstić information content (AvgIpc) is 2.74. The molecule has 0 aliphatic carbocycles. The van der Waals surface area contributed by atoms with Crippen molar-refractivity contribution < 1.29 is 13.2 Å². The van der Waals surface area contributed by atoms with E-state index in [1.54, 1.807) is 11.1 Å². The van der Waals surface area contributed by atoms with Gasteiger partial charge < -0.3 is 9.80 Å². The number of amides is 1. The minimum atomic E-state index is -3.57. The van der Waals surface area contributed by atoms with Gasteiger partial charge in [0.25, 0.3) is 0 Å². The molecule has 0 spiro atoms. The van der Waals surface area contributed by atoms with E-state index in [9.17, 15) is 13.2 Å². The molecule has 28 heavy (non-hydrogen) atoms. The zero-order valence-corrected chi connectivity index (χ0v) is 16.4. The smallest absolute Gasteiger partial charge is 0.233 e. The highest BCUT2D eigenvalue weighted by Crippen LogP contribution is 2.13. The summed E-state index contributed by atoms with van der Waals surface area (Å²) in [7, 11) is -3.57. The lowest BCUT2D eigenvalue weighted by molar-refractivity contribution is -0.131. The molecule has 2 heterocycles. The molecule has 8 heteroatoms. The number of carbonyl (C=O) groups excluding carboxylic acids is 1. The number of hydrogen-bond acceptors (Lipinski definition) is 5. The van der Waals surface area contributed by atoms with Gasteiger partial charge in [-0.3, -0.25) is 4.79 Å². The molecule has 1 aliphatic heterocycles. The summed E-state index contributed by atoms with van der Waals surface area (Å²) in [6, 6.07) is 15.0. The molecule has 0 radical (unpaired) electrons. The van der Waals surface area contributed by atoms with Crippen LogP contribution in [0.1, 0.15) is 12.0 Å². The third-order valence-electron chi connectivity index (χ3n) is 4.49. The first-order chi connectivity index (χ1) is 13.5. The summed E-state index contributed by atoms with van der Waals surface area (Å²) in [5.74, 6) is 0.864. The molecule has 0 saturated carbocycles. The van der Waals surface area contributed by atoms with Crippen LogP contribution in [0.3, 0.4) is 0 Å².